The van der Waals surface area contributed by atoms with E-state index >= 15 is 0 Å². The van der Waals surface area contributed by atoms with Crippen LogP contribution in [0.15, 0.2) is 65.9 Å². The van der Waals surface area contributed by atoms with Crippen LogP contribution in [0, 0.1) is 10.1 Å². The first-order chi connectivity index (χ1) is 13.5. The van der Waals surface area contributed by atoms with Crippen LogP contribution in [0.1, 0.15) is 30.4 Å². The van der Waals surface area contributed by atoms with Crippen LogP contribution in [-0.2, 0) is 20.7 Å². The van der Waals surface area contributed by atoms with Crippen LogP contribution < -0.4 is 5.32 Å². The molecule has 7 heteroatoms. The molecule has 0 aromatic heterocycles. The molecule has 7 nitrogen and oxygen atoms in total. The van der Waals surface area contributed by atoms with Crippen molar-refractivity contribution in [2.75, 3.05) is 6.61 Å². The number of nitro benzene ring substituents is 1. The molecule has 0 saturated carbocycles. The van der Waals surface area contributed by atoms with Gasteiger partial charge in [0.25, 0.3) is 5.69 Å². The van der Waals surface area contributed by atoms with E-state index in [1.807, 2.05) is 30.3 Å². The number of esters is 1. The van der Waals surface area contributed by atoms with Crippen molar-refractivity contribution in [3.63, 3.8) is 0 Å². The Morgan fingerprint density at radius 1 is 1.21 bits per heavy atom. The molecule has 0 unspecified atom stereocenters. The van der Waals surface area contributed by atoms with E-state index in [1.165, 1.54) is 12.1 Å². The number of non-ortho nitro benzene ring substituents is 1. The van der Waals surface area contributed by atoms with Crippen LogP contribution in [0.25, 0.3) is 0 Å². The normalized spacial score (nSPS) is 16.5. The van der Waals surface area contributed by atoms with Crippen molar-refractivity contribution >= 4 is 17.6 Å². The maximum absolute atomic E-state index is 12.7. The maximum atomic E-state index is 12.7. The lowest BCUT2D eigenvalue weighted by atomic mass is 9.84. The summed E-state index contributed by atoms with van der Waals surface area (Å²) in [5, 5.41) is 13.7. The molecule has 0 radical (unpaired) electrons. The Kier molecular flexibility index (Phi) is 5.84. The number of nitrogens with zero attached hydrogens (tertiary/aromatic N) is 1. The van der Waals surface area contributed by atoms with Crippen LogP contribution in [0.2, 0.25) is 0 Å². The van der Waals surface area contributed by atoms with Gasteiger partial charge in [-0.05, 0) is 18.1 Å². The van der Waals surface area contributed by atoms with Gasteiger partial charge in [0.05, 0.1) is 17.1 Å². The molecule has 0 bridgehead atoms. The molecule has 0 aliphatic carbocycles. The fraction of sp³-hybridized carbons (Fsp3) is 0.238. The molecule has 28 heavy (non-hydrogen) atoms. The Bertz CT molecular complexity index is 937. The van der Waals surface area contributed by atoms with Crippen molar-refractivity contribution in [3.05, 3.63) is 87.1 Å². The number of benzene rings is 2. The smallest absolute Gasteiger partial charge is 0.336 e. The predicted molar refractivity (Wildman–Crippen MR) is 102 cm³/mol. The first kappa shape index (κ1) is 19.3. The SMILES string of the molecule is CC1=C(C(=O)OCCc2ccccc2)[C@H](c2cccc([N+](=O)[O-])c2)CC(=O)N1. The van der Waals surface area contributed by atoms with Gasteiger partial charge in [0, 0.05) is 36.6 Å². The second-order valence-electron chi connectivity index (χ2n) is 6.57. The van der Waals surface area contributed by atoms with E-state index in [9.17, 15) is 19.7 Å². The molecule has 0 spiro atoms. The summed E-state index contributed by atoms with van der Waals surface area (Å²) in [4.78, 5) is 35.3. The van der Waals surface area contributed by atoms with Gasteiger partial charge >= 0.3 is 5.97 Å². The van der Waals surface area contributed by atoms with Crippen molar-refractivity contribution < 1.29 is 19.2 Å². The van der Waals surface area contributed by atoms with Gasteiger partial charge in [-0.15, -0.1) is 0 Å². The summed E-state index contributed by atoms with van der Waals surface area (Å²) in [5.74, 6) is -1.35. The molecular weight excluding hydrogens is 360 g/mol. The summed E-state index contributed by atoms with van der Waals surface area (Å²) < 4.78 is 5.44. The van der Waals surface area contributed by atoms with Crippen molar-refractivity contribution in [1.29, 1.82) is 0 Å². The molecule has 1 amide bonds. The van der Waals surface area contributed by atoms with Gasteiger partial charge in [0.15, 0.2) is 0 Å². The number of allylic oxidation sites excluding steroid dienone is 1. The zero-order chi connectivity index (χ0) is 20.1. The highest BCUT2D eigenvalue weighted by molar-refractivity contribution is 5.95. The summed E-state index contributed by atoms with van der Waals surface area (Å²) in [6, 6.07) is 15.6. The Hall–Kier alpha value is -3.48. The second-order valence-corrected chi connectivity index (χ2v) is 6.57. The van der Waals surface area contributed by atoms with Crippen molar-refractivity contribution in [2.45, 2.75) is 25.7 Å². The number of hydrogen-bond acceptors (Lipinski definition) is 5. The minimum atomic E-state index is -0.585. The highest BCUT2D eigenvalue weighted by Crippen LogP contribution is 2.34. The minimum Gasteiger partial charge on any atom is -0.462 e. The lowest BCUT2D eigenvalue weighted by Crippen LogP contribution is -2.34. The molecule has 0 fully saturated rings. The lowest BCUT2D eigenvalue weighted by Gasteiger charge is -2.26. The highest BCUT2D eigenvalue weighted by Gasteiger charge is 2.33. The topological polar surface area (TPSA) is 98.5 Å². The minimum absolute atomic E-state index is 0.0294. The Balaban J connectivity index is 1.80. The Morgan fingerprint density at radius 3 is 2.68 bits per heavy atom. The molecule has 1 atom stereocenters. The molecular formula is C21H20N2O5. The Labute approximate surface area is 162 Å². The van der Waals surface area contributed by atoms with Gasteiger partial charge < -0.3 is 10.1 Å². The number of carbonyl (C=O) groups is 2. The largest absolute Gasteiger partial charge is 0.462 e. The van der Waals surface area contributed by atoms with Gasteiger partial charge in [-0.2, -0.15) is 0 Å². The van der Waals surface area contributed by atoms with Gasteiger partial charge in [-0.1, -0.05) is 42.5 Å². The number of amides is 1. The molecule has 3 rings (SSSR count). The number of ether oxygens (including phenoxy) is 1. The monoisotopic (exact) mass is 380 g/mol. The molecule has 144 valence electrons. The number of rotatable bonds is 6. The van der Waals surface area contributed by atoms with E-state index in [2.05, 4.69) is 5.32 Å². The maximum Gasteiger partial charge on any atom is 0.336 e. The fourth-order valence-corrected chi connectivity index (χ4v) is 3.30. The molecule has 1 N–H and O–H groups in total. The van der Waals surface area contributed by atoms with E-state index in [0.717, 1.165) is 5.56 Å². The van der Waals surface area contributed by atoms with Crippen molar-refractivity contribution in [2.24, 2.45) is 0 Å². The molecule has 2 aromatic carbocycles. The number of carbonyl (C=O) groups excluding carboxylic acids is 2. The fourth-order valence-electron chi connectivity index (χ4n) is 3.30. The summed E-state index contributed by atoms with van der Waals surface area (Å²) in [6.07, 6.45) is 0.606. The third-order valence-corrected chi connectivity index (χ3v) is 4.64. The summed E-state index contributed by atoms with van der Waals surface area (Å²) in [5.41, 5.74) is 2.25. The molecule has 1 aliphatic heterocycles. The molecule has 1 heterocycles. The van der Waals surface area contributed by atoms with Gasteiger partial charge in [-0.3, -0.25) is 14.9 Å². The Morgan fingerprint density at radius 2 is 1.96 bits per heavy atom. The molecule has 1 aliphatic rings. The van der Waals surface area contributed by atoms with Crippen LogP contribution in [0.5, 0.6) is 0 Å². The van der Waals surface area contributed by atoms with E-state index in [-0.39, 0.29) is 24.6 Å². The quantitative estimate of drug-likeness (QED) is 0.471. The summed E-state index contributed by atoms with van der Waals surface area (Å²) >= 11 is 0. The van der Waals surface area contributed by atoms with E-state index in [0.29, 0.717) is 23.3 Å². The number of hydrogen-bond donors (Lipinski definition) is 1. The van der Waals surface area contributed by atoms with Crippen LogP contribution in [0.4, 0.5) is 5.69 Å². The number of nitro groups is 1. The first-order valence-electron chi connectivity index (χ1n) is 8.91. The second kappa shape index (κ2) is 8.47. The zero-order valence-electron chi connectivity index (χ0n) is 15.4. The van der Waals surface area contributed by atoms with E-state index < -0.39 is 16.8 Å². The molecule has 0 saturated heterocycles. The van der Waals surface area contributed by atoms with E-state index in [1.54, 1.807) is 19.1 Å². The van der Waals surface area contributed by atoms with E-state index in [4.69, 9.17) is 4.74 Å². The van der Waals surface area contributed by atoms with Crippen molar-refractivity contribution in [3.8, 4) is 0 Å². The highest BCUT2D eigenvalue weighted by atomic mass is 16.6. The van der Waals surface area contributed by atoms with Gasteiger partial charge in [0.1, 0.15) is 0 Å². The van der Waals surface area contributed by atoms with Crippen molar-refractivity contribution in [1.82, 2.24) is 5.32 Å². The van der Waals surface area contributed by atoms with Crippen LogP contribution in [0.3, 0.4) is 0 Å². The standard InChI is InChI=1S/C21H20N2O5/c1-14-20(21(25)28-11-10-15-6-3-2-4-7-15)18(13-19(24)22-14)16-8-5-9-17(12-16)23(26)27/h2-9,12,18H,10-11,13H2,1H3,(H,22,24)/t18-/m0/s1. The third kappa shape index (κ3) is 4.43. The summed E-state index contributed by atoms with van der Waals surface area (Å²) in [7, 11) is 0. The third-order valence-electron chi connectivity index (χ3n) is 4.64. The van der Waals surface area contributed by atoms with Crippen LogP contribution >= 0.6 is 0 Å². The predicted octanol–water partition coefficient (Wildman–Crippen LogP) is 3.26. The van der Waals surface area contributed by atoms with Crippen LogP contribution in [-0.4, -0.2) is 23.4 Å². The molecule has 2 aromatic rings. The first-order valence-corrected chi connectivity index (χ1v) is 8.91. The lowest BCUT2D eigenvalue weighted by molar-refractivity contribution is -0.384. The van der Waals surface area contributed by atoms with Gasteiger partial charge in [0.2, 0.25) is 5.91 Å². The van der Waals surface area contributed by atoms with Gasteiger partial charge in [-0.25, -0.2) is 4.79 Å². The summed E-state index contributed by atoms with van der Waals surface area (Å²) in [6.45, 7) is 1.84. The average molecular weight is 380 g/mol. The number of nitrogens with one attached hydrogen (secondary N) is 1. The average Bonchev–Trinajstić information content (AvgIpc) is 2.68. The zero-order valence-corrected chi connectivity index (χ0v) is 15.4.